The van der Waals surface area contributed by atoms with E-state index in [0.717, 1.165) is 48.9 Å². The van der Waals surface area contributed by atoms with Crippen molar-refractivity contribution in [2.24, 2.45) is 0 Å². The molecule has 0 N–H and O–H groups in total. The second kappa shape index (κ2) is 6.66. The number of halogens is 1. The van der Waals surface area contributed by atoms with Gasteiger partial charge in [-0.05, 0) is 13.0 Å². The molecule has 0 spiro atoms. The number of hydrogen-bond acceptors (Lipinski definition) is 5. The minimum Gasteiger partial charge on any atom is -0.346 e. The van der Waals surface area contributed by atoms with Crippen LogP contribution < -0.4 is 4.90 Å². The highest BCUT2D eigenvalue weighted by molar-refractivity contribution is 9.09. The van der Waals surface area contributed by atoms with Crippen LogP contribution in [0.5, 0.6) is 0 Å². The lowest BCUT2D eigenvalue weighted by atomic mass is 10.4. The Morgan fingerprint density at radius 2 is 2.18 bits per heavy atom. The molecule has 4 nitrogen and oxygen atoms in total. The van der Waals surface area contributed by atoms with Gasteiger partial charge in [0.2, 0.25) is 5.13 Å². The second-order valence-corrected chi connectivity index (χ2v) is 5.74. The monoisotopic (exact) mass is 318 g/mol. The van der Waals surface area contributed by atoms with Crippen LogP contribution >= 0.6 is 27.5 Å². The van der Waals surface area contributed by atoms with Gasteiger partial charge in [0.15, 0.2) is 0 Å². The summed E-state index contributed by atoms with van der Waals surface area (Å²) in [6.07, 6.45) is 2.15. The summed E-state index contributed by atoms with van der Waals surface area (Å²) >= 11 is 5.05. The Hall–Kier alpha value is -0.200. The van der Waals surface area contributed by atoms with Crippen LogP contribution in [0.25, 0.3) is 0 Å². The maximum Gasteiger partial charge on any atom is 0.205 e. The lowest BCUT2D eigenvalue weighted by Crippen LogP contribution is -2.31. The van der Waals surface area contributed by atoms with E-state index in [2.05, 4.69) is 42.0 Å². The third-order valence-corrected chi connectivity index (χ3v) is 4.20. The lowest BCUT2D eigenvalue weighted by molar-refractivity contribution is 0.313. The van der Waals surface area contributed by atoms with Crippen LogP contribution in [0.3, 0.4) is 0 Å². The summed E-state index contributed by atoms with van der Waals surface area (Å²) in [5.74, 6) is 0.978. The molecule has 0 saturated carbocycles. The summed E-state index contributed by atoms with van der Waals surface area (Å²) < 4.78 is 4.36. The van der Waals surface area contributed by atoms with Gasteiger partial charge in [0, 0.05) is 49.5 Å². The summed E-state index contributed by atoms with van der Waals surface area (Å²) in [6, 6.07) is 0. The van der Waals surface area contributed by atoms with Gasteiger partial charge in [-0.3, -0.25) is 0 Å². The molecule has 1 saturated heterocycles. The molecule has 1 aromatic heterocycles. The largest absolute Gasteiger partial charge is 0.346 e. The normalized spacial score (nSPS) is 18.4. The van der Waals surface area contributed by atoms with Crippen molar-refractivity contribution in [1.82, 2.24) is 14.3 Å². The van der Waals surface area contributed by atoms with Crippen LogP contribution in [0, 0.1) is 0 Å². The molecule has 0 bridgehead atoms. The Labute approximate surface area is 115 Å². The van der Waals surface area contributed by atoms with Crippen molar-refractivity contribution in [3.05, 3.63) is 5.82 Å². The zero-order valence-corrected chi connectivity index (χ0v) is 12.6. The van der Waals surface area contributed by atoms with Crippen LogP contribution in [0.15, 0.2) is 0 Å². The van der Waals surface area contributed by atoms with E-state index in [1.54, 1.807) is 11.5 Å². The molecular weight excluding hydrogens is 300 g/mol. The van der Waals surface area contributed by atoms with Gasteiger partial charge in [-0.25, -0.2) is 4.98 Å². The Balaban J connectivity index is 1.93. The molecule has 0 radical (unpaired) electrons. The molecule has 6 heteroatoms. The van der Waals surface area contributed by atoms with Crippen LogP contribution in [0.1, 0.15) is 19.2 Å². The molecule has 1 aromatic rings. The zero-order valence-electron chi connectivity index (χ0n) is 10.2. The molecule has 0 unspecified atom stereocenters. The molecule has 0 amide bonds. The summed E-state index contributed by atoms with van der Waals surface area (Å²) in [5.41, 5.74) is 0. The number of anilines is 1. The molecule has 17 heavy (non-hydrogen) atoms. The molecule has 1 aliphatic rings. The highest BCUT2D eigenvalue weighted by Crippen LogP contribution is 2.19. The van der Waals surface area contributed by atoms with Gasteiger partial charge >= 0.3 is 0 Å². The van der Waals surface area contributed by atoms with Gasteiger partial charge in [-0.1, -0.05) is 22.9 Å². The Morgan fingerprint density at radius 1 is 1.29 bits per heavy atom. The summed E-state index contributed by atoms with van der Waals surface area (Å²) in [5, 5.41) is 2.16. The van der Waals surface area contributed by atoms with Crippen LogP contribution in [0.4, 0.5) is 5.13 Å². The zero-order chi connectivity index (χ0) is 12.1. The quantitative estimate of drug-likeness (QED) is 0.795. The topological polar surface area (TPSA) is 32.3 Å². The number of alkyl halides is 1. The first-order valence-corrected chi connectivity index (χ1v) is 8.09. The van der Waals surface area contributed by atoms with E-state index >= 15 is 0 Å². The van der Waals surface area contributed by atoms with E-state index in [9.17, 15) is 0 Å². The molecule has 1 fully saturated rings. The van der Waals surface area contributed by atoms with Crippen molar-refractivity contribution < 1.29 is 0 Å². The number of aryl methyl sites for hydroxylation is 1. The van der Waals surface area contributed by atoms with E-state index in [-0.39, 0.29) is 0 Å². The number of aromatic nitrogens is 2. The van der Waals surface area contributed by atoms with E-state index in [0.29, 0.717) is 0 Å². The number of nitrogens with zero attached hydrogens (tertiary/aromatic N) is 4. The maximum absolute atomic E-state index is 4.57. The predicted molar refractivity (Wildman–Crippen MR) is 76.4 cm³/mol. The van der Waals surface area contributed by atoms with Crippen molar-refractivity contribution in [2.75, 3.05) is 43.0 Å². The van der Waals surface area contributed by atoms with E-state index in [1.807, 2.05) is 0 Å². The average Bonchev–Trinajstić information content (AvgIpc) is 2.70. The van der Waals surface area contributed by atoms with E-state index in [1.165, 1.54) is 13.0 Å². The smallest absolute Gasteiger partial charge is 0.205 e. The third-order valence-electron chi connectivity index (χ3n) is 3.03. The third kappa shape index (κ3) is 3.63. The Bertz CT molecular complexity index is 344. The second-order valence-electron chi connectivity index (χ2n) is 4.22. The molecule has 0 atom stereocenters. The van der Waals surface area contributed by atoms with E-state index < -0.39 is 0 Å². The van der Waals surface area contributed by atoms with E-state index in [4.69, 9.17) is 0 Å². The molecular formula is C11H19BrN4S. The number of rotatable bonds is 4. The molecule has 2 rings (SSSR count). The summed E-state index contributed by atoms with van der Waals surface area (Å²) in [4.78, 5) is 9.46. The predicted octanol–water partition coefficient (Wildman–Crippen LogP) is 2.01. The Morgan fingerprint density at radius 3 is 2.88 bits per heavy atom. The van der Waals surface area contributed by atoms with Gasteiger partial charge < -0.3 is 9.80 Å². The van der Waals surface area contributed by atoms with Crippen molar-refractivity contribution in [2.45, 2.75) is 19.8 Å². The first kappa shape index (κ1) is 13.2. The lowest BCUT2D eigenvalue weighted by Gasteiger charge is -2.20. The first-order valence-electron chi connectivity index (χ1n) is 6.19. The van der Waals surface area contributed by atoms with Gasteiger partial charge in [0.25, 0.3) is 0 Å². The maximum atomic E-state index is 4.57. The van der Waals surface area contributed by atoms with Crippen molar-refractivity contribution >= 4 is 32.6 Å². The highest BCUT2D eigenvalue weighted by Gasteiger charge is 2.17. The van der Waals surface area contributed by atoms with Crippen LogP contribution in [-0.2, 0) is 6.42 Å². The van der Waals surface area contributed by atoms with Gasteiger partial charge in [0.05, 0.1) is 0 Å². The molecule has 1 aliphatic heterocycles. The van der Waals surface area contributed by atoms with Gasteiger partial charge in [0.1, 0.15) is 5.82 Å². The summed E-state index contributed by atoms with van der Waals surface area (Å²) in [7, 11) is 0. The SMILES string of the molecule is CCc1nsc(N2CCCN(CCBr)CC2)n1. The fourth-order valence-corrected chi connectivity index (χ4v) is 3.32. The Kier molecular flexibility index (Phi) is 5.18. The number of hydrogen-bond donors (Lipinski definition) is 0. The van der Waals surface area contributed by atoms with Gasteiger partial charge in [-0.15, -0.1) is 0 Å². The highest BCUT2D eigenvalue weighted by atomic mass is 79.9. The van der Waals surface area contributed by atoms with Crippen molar-refractivity contribution in [3.8, 4) is 0 Å². The van der Waals surface area contributed by atoms with Crippen molar-refractivity contribution in [1.29, 1.82) is 0 Å². The summed E-state index contributed by atoms with van der Waals surface area (Å²) in [6.45, 7) is 7.76. The average molecular weight is 319 g/mol. The molecule has 0 aromatic carbocycles. The minimum atomic E-state index is 0.931. The van der Waals surface area contributed by atoms with Gasteiger partial charge in [-0.2, -0.15) is 4.37 Å². The molecule has 0 aliphatic carbocycles. The first-order chi connectivity index (χ1) is 8.33. The van der Waals surface area contributed by atoms with Crippen molar-refractivity contribution in [3.63, 3.8) is 0 Å². The minimum absolute atomic E-state index is 0.931. The fraction of sp³-hybridized carbons (Fsp3) is 0.818. The van der Waals surface area contributed by atoms with Crippen LogP contribution in [-0.4, -0.2) is 52.3 Å². The standard InChI is InChI=1S/C11H19BrN4S/c1-2-10-13-11(17-14-10)16-6-3-5-15(7-4-12)8-9-16/h2-9H2,1H3. The van der Waals surface area contributed by atoms with Crippen LogP contribution in [0.2, 0.25) is 0 Å². The fourth-order valence-electron chi connectivity index (χ4n) is 2.02. The molecule has 2 heterocycles. The molecule has 96 valence electrons.